The number of hydrogen-bond donors (Lipinski definition) is 1. The van der Waals surface area contributed by atoms with Gasteiger partial charge in [-0.2, -0.15) is 11.8 Å². The maximum Gasteiger partial charge on any atom is 0.137 e. The Kier molecular flexibility index (Phi) is 7.37. The number of thioether (sulfide) groups is 1. The first-order chi connectivity index (χ1) is 8.29. The van der Waals surface area contributed by atoms with Crippen LogP contribution < -0.4 is 5.32 Å². The van der Waals surface area contributed by atoms with Crippen molar-refractivity contribution < 1.29 is 0 Å². The first kappa shape index (κ1) is 14.6. The SMILES string of the molecule is CCc1c(Cl)ncnc1NCCCCCSC. The normalized spacial score (nSPS) is 10.5. The molecule has 0 amide bonds. The summed E-state index contributed by atoms with van der Waals surface area (Å²) in [5, 5.41) is 3.90. The van der Waals surface area contributed by atoms with Crippen molar-refractivity contribution in [2.75, 3.05) is 23.9 Å². The van der Waals surface area contributed by atoms with Gasteiger partial charge in [-0.25, -0.2) is 9.97 Å². The number of aromatic nitrogens is 2. The van der Waals surface area contributed by atoms with E-state index in [4.69, 9.17) is 11.6 Å². The van der Waals surface area contributed by atoms with Crippen molar-refractivity contribution in [3.05, 3.63) is 17.0 Å². The highest BCUT2D eigenvalue weighted by Crippen LogP contribution is 2.20. The van der Waals surface area contributed by atoms with Crippen molar-refractivity contribution in [1.82, 2.24) is 9.97 Å². The van der Waals surface area contributed by atoms with Crippen LogP contribution in [0.5, 0.6) is 0 Å². The molecular weight excluding hydrogens is 254 g/mol. The highest BCUT2D eigenvalue weighted by atomic mass is 35.5. The summed E-state index contributed by atoms with van der Waals surface area (Å²) >= 11 is 7.92. The Morgan fingerprint density at radius 2 is 2.12 bits per heavy atom. The summed E-state index contributed by atoms with van der Waals surface area (Å²) in [5.41, 5.74) is 1.01. The van der Waals surface area contributed by atoms with Crippen LogP contribution in [-0.2, 0) is 6.42 Å². The van der Waals surface area contributed by atoms with E-state index in [-0.39, 0.29) is 0 Å². The lowest BCUT2D eigenvalue weighted by Crippen LogP contribution is -2.07. The predicted octanol–water partition coefficient (Wildman–Crippen LogP) is 3.64. The summed E-state index contributed by atoms with van der Waals surface area (Å²) in [6.45, 7) is 3.02. The number of anilines is 1. The number of hydrogen-bond acceptors (Lipinski definition) is 4. The molecule has 1 N–H and O–H groups in total. The monoisotopic (exact) mass is 273 g/mol. The van der Waals surface area contributed by atoms with Crippen LogP contribution >= 0.6 is 23.4 Å². The maximum atomic E-state index is 6.02. The van der Waals surface area contributed by atoms with Crippen LogP contribution in [0.15, 0.2) is 6.33 Å². The molecule has 1 aromatic rings. The average molecular weight is 274 g/mol. The second kappa shape index (κ2) is 8.59. The van der Waals surface area contributed by atoms with E-state index in [9.17, 15) is 0 Å². The van der Waals surface area contributed by atoms with Gasteiger partial charge in [0.2, 0.25) is 0 Å². The van der Waals surface area contributed by atoms with Gasteiger partial charge in [-0.1, -0.05) is 24.9 Å². The zero-order valence-corrected chi connectivity index (χ0v) is 12.1. The molecule has 0 unspecified atom stereocenters. The molecule has 0 aliphatic heterocycles. The number of nitrogens with one attached hydrogen (secondary N) is 1. The fraction of sp³-hybridized carbons (Fsp3) is 0.667. The molecule has 0 spiro atoms. The van der Waals surface area contributed by atoms with Crippen molar-refractivity contribution in [1.29, 1.82) is 0 Å². The van der Waals surface area contributed by atoms with Crippen LogP contribution in [0, 0.1) is 0 Å². The fourth-order valence-electron chi connectivity index (χ4n) is 1.61. The van der Waals surface area contributed by atoms with Crippen LogP contribution in [0.2, 0.25) is 5.15 Å². The van der Waals surface area contributed by atoms with Crippen molar-refractivity contribution in [3.8, 4) is 0 Å². The molecule has 17 heavy (non-hydrogen) atoms. The molecule has 0 saturated heterocycles. The van der Waals surface area contributed by atoms with Crippen LogP contribution in [0.3, 0.4) is 0 Å². The van der Waals surface area contributed by atoms with Crippen molar-refractivity contribution >= 4 is 29.2 Å². The Morgan fingerprint density at radius 3 is 2.82 bits per heavy atom. The van der Waals surface area contributed by atoms with Crippen LogP contribution in [0.1, 0.15) is 31.7 Å². The van der Waals surface area contributed by atoms with E-state index in [2.05, 4.69) is 28.5 Å². The van der Waals surface area contributed by atoms with Crippen LogP contribution in [0.4, 0.5) is 5.82 Å². The van der Waals surface area contributed by atoms with E-state index in [1.807, 2.05) is 11.8 Å². The number of nitrogens with zero attached hydrogens (tertiary/aromatic N) is 2. The van der Waals surface area contributed by atoms with Gasteiger partial charge >= 0.3 is 0 Å². The Morgan fingerprint density at radius 1 is 1.29 bits per heavy atom. The first-order valence-electron chi connectivity index (χ1n) is 6.01. The second-order valence-electron chi connectivity index (χ2n) is 3.83. The van der Waals surface area contributed by atoms with Gasteiger partial charge in [-0.05, 0) is 31.3 Å². The molecule has 0 atom stereocenters. The van der Waals surface area contributed by atoms with Gasteiger partial charge in [0.1, 0.15) is 17.3 Å². The Labute approximate surface area is 113 Å². The Balaban J connectivity index is 2.33. The van der Waals surface area contributed by atoms with E-state index in [0.717, 1.165) is 24.3 Å². The standard InChI is InChI=1S/C12H20ClN3S/c1-3-10-11(13)15-9-16-12(10)14-7-5-4-6-8-17-2/h9H,3-8H2,1-2H3,(H,14,15,16). The van der Waals surface area contributed by atoms with Gasteiger partial charge < -0.3 is 5.32 Å². The zero-order valence-electron chi connectivity index (χ0n) is 10.5. The molecule has 0 fully saturated rings. The first-order valence-corrected chi connectivity index (χ1v) is 7.79. The minimum Gasteiger partial charge on any atom is -0.370 e. The van der Waals surface area contributed by atoms with Crippen molar-refractivity contribution in [3.63, 3.8) is 0 Å². The second-order valence-corrected chi connectivity index (χ2v) is 5.17. The van der Waals surface area contributed by atoms with E-state index in [1.54, 1.807) is 0 Å². The largest absolute Gasteiger partial charge is 0.370 e. The third-order valence-corrected chi connectivity index (χ3v) is 3.59. The maximum absolute atomic E-state index is 6.02. The minimum atomic E-state index is 0.562. The Bertz CT molecular complexity index is 334. The van der Waals surface area contributed by atoms with Crippen molar-refractivity contribution in [2.45, 2.75) is 32.6 Å². The summed E-state index contributed by atoms with van der Waals surface area (Å²) in [6.07, 6.45) is 8.23. The van der Waals surface area contributed by atoms with Crippen molar-refractivity contribution in [2.24, 2.45) is 0 Å². The van der Waals surface area contributed by atoms with E-state index in [0.29, 0.717) is 5.15 Å². The molecule has 0 aromatic carbocycles. The Hall–Kier alpha value is -0.480. The summed E-state index contributed by atoms with van der Waals surface area (Å²) in [6, 6.07) is 0. The van der Waals surface area contributed by atoms with Crippen LogP contribution in [-0.4, -0.2) is 28.5 Å². The number of halogens is 1. The molecule has 3 nitrogen and oxygen atoms in total. The van der Waals surface area contributed by atoms with E-state index in [1.165, 1.54) is 31.3 Å². The van der Waals surface area contributed by atoms with Gasteiger partial charge in [0.15, 0.2) is 0 Å². The molecule has 0 radical (unpaired) electrons. The third kappa shape index (κ3) is 5.13. The highest BCUT2D eigenvalue weighted by molar-refractivity contribution is 7.98. The van der Waals surface area contributed by atoms with Crippen LogP contribution in [0.25, 0.3) is 0 Å². The van der Waals surface area contributed by atoms with Gasteiger partial charge in [0, 0.05) is 12.1 Å². The van der Waals surface area contributed by atoms with Gasteiger partial charge in [0.05, 0.1) is 0 Å². The molecule has 1 rings (SSSR count). The smallest absolute Gasteiger partial charge is 0.137 e. The minimum absolute atomic E-state index is 0.562. The van der Waals surface area contributed by atoms with Gasteiger partial charge in [-0.15, -0.1) is 0 Å². The molecule has 0 saturated carbocycles. The predicted molar refractivity (Wildman–Crippen MR) is 77.1 cm³/mol. The molecule has 0 aliphatic carbocycles. The molecule has 1 aromatic heterocycles. The molecule has 1 heterocycles. The average Bonchev–Trinajstić information content (AvgIpc) is 2.34. The van der Waals surface area contributed by atoms with E-state index < -0.39 is 0 Å². The third-order valence-electron chi connectivity index (χ3n) is 2.56. The highest BCUT2D eigenvalue weighted by Gasteiger charge is 2.06. The number of rotatable bonds is 8. The van der Waals surface area contributed by atoms with Gasteiger partial charge in [-0.3, -0.25) is 0 Å². The lowest BCUT2D eigenvalue weighted by molar-refractivity contribution is 0.747. The van der Waals surface area contributed by atoms with Gasteiger partial charge in [0.25, 0.3) is 0 Å². The lowest BCUT2D eigenvalue weighted by atomic mass is 10.2. The molecule has 0 bridgehead atoms. The summed E-state index contributed by atoms with van der Waals surface area (Å²) in [7, 11) is 0. The summed E-state index contributed by atoms with van der Waals surface area (Å²) < 4.78 is 0. The lowest BCUT2D eigenvalue weighted by Gasteiger charge is -2.10. The summed E-state index contributed by atoms with van der Waals surface area (Å²) in [5.74, 6) is 2.14. The topological polar surface area (TPSA) is 37.8 Å². The molecular formula is C12H20ClN3S. The molecule has 5 heteroatoms. The quantitative estimate of drug-likeness (QED) is 0.580. The summed E-state index contributed by atoms with van der Waals surface area (Å²) in [4.78, 5) is 8.22. The molecule has 0 aliphatic rings. The molecule has 96 valence electrons. The zero-order chi connectivity index (χ0) is 12.5. The number of unbranched alkanes of at least 4 members (excludes halogenated alkanes) is 2. The van der Waals surface area contributed by atoms with E-state index >= 15 is 0 Å². The fourth-order valence-corrected chi connectivity index (χ4v) is 2.37.